The molecule has 6 rings (SSSR count). The summed E-state index contributed by atoms with van der Waals surface area (Å²) >= 11 is 7.75. The number of rotatable bonds is 7. The van der Waals surface area contributed by atoms with Gasteiger partial charge in [0, 0.05) is 56.4 Å². The van der Waals surface area contributed by atoms with Gasteiger partial charge in [0.1, 0.15) is 6.54 Å². The summed E-state index contributed by atoms with van der Waals surface area (Å²) in [6.07, 6.45) is 4.35. The molecule has 1 amide bonds. The maximum Gasteiger partial charge on any atom is 0.512 e. The monoisotopic (exact) mass is 614 g/mol. The van der Waals surface area contributed by atoms with Gasteiger partial charge in [-0.05, 0) is 49.1 Å². The Bertz CT molecular complexity index is 1420. The summed E-state index contributed by atoms with van der Waals surface area (Å²) in [7, 11) is 2.12. The van der Waals surface area contributed by atoms with E-state index in [0.717, 1.165) is 78.9 Å². The first-order chi connectivity index (χ1) is 20.4. The molecule has 4 heterocycles. The first-order valence-corrected chi connectivity index (χ1v) is 16.2. The second-order valence-electron chi connectivity index (χ2n) is 11.7. The molecule has 0 atom stereocenters. The molecule has 2 aliphatic heterocycles. The molecule has 2 saturated heterocycles. The lowest BCUT2D eigenvalue weighted by Crippen LogP contribution is -2.44. The molecule has 0 bridgehead atoms. The largest absolute Gasteiger partial charge is 0.512 e. The minimum atomic E-state index is -1.31. The molecule has 0 radical (unpaired) electrons. The number of fused-ring (bicyclic) bond motifs is 1. The molecule has 11 heteroatoms. The Morgan fingerprint density at radius 3 is 2.38 bits per heavy atom. The smallest absolute Gasteiger partial charge is 0.449 e. The van der Waals surface area contributed by atoms with Gasteiger partial charge in [-0.1, -0.05) is 54.3 Å². The standard InChI is InChI=1S/C31H39ClN4O5S/c1-33-11-13-34(14-12-33)19-24-28-29(42-30(24)41-31(38)39)26(21-5-3-2-4-6-21)27(22-7-9-23(32)10-8-22)36(28)20-25(37)35-15-17-40-18-16-35/h7-10,21H,2-6,11-20H2,1H3,(H,38,39). The normalized spacial score (nSPS) is 19.4. The number of nitrogens with zero attached hydrogens (tertiary/aromatic N) is 4. The third-order valence-electron chi connectivity index (χ3n) is 8.93. The van der Waals surface area contributed by atoms with Crippen LogP contribution in [0.2, 0.25) is 5.02 Å². The van der Waals surface area contributed by atoms with Crippen LogP contribution in [0, 0.1) is 0 Å². The summed E-state index contributed by atoms with van der Waals surface area (Å²) in [5.41, 5.74) is 5.07. The number of amides is 1. The van der Waals surface area contributed by atoms with Crippen molar-refractivity contribution in [1.29, 1.82) is 0 Å². The molecule has 3 aromatic rings. The van der Waals surface area contributed by atoms with Gasteiger partial charge in [0.25, 0.3) is 0 Å². The number of thiophene rings is 1. The summed E-state index contributed by atoms with van der Waals surface area (Å²) in [5, 5.41) is 10.8. The quantitative estimate of drug-likeness (QED) is 0.340. The summed E-state index contributed by atoms with van der Waals surface area (Å²) in [4.78, 5) is 32.3. The SMILES string of the molecule is CN1CCN(Cc2c(OC(=O)O)sc3c(C4CCCCC4)c(-c4ccc(Cl)cc4)n(CC(=O)N4CCOCC4)c23)CC1. The lowest BCUT2D eigenvalue weighted by atomic mass is 9.83. The van der Waals surface area contributed by atoms with Crippen LogP contribution in [0.15, 0.2) is 24.3 Å². The van der Waals surface area contributed by atoms with Crippen LogP contribution in [0.25, 0.3) is 21.5 Å². The fourth-order valence-corrected chi connectivity index (χ4v) is 8.11. The molecule has 226 valence electrons. The van der Waals surface area contributed by atoms with Crippen molar-refractivity contribution in [3.63, 3.8) is 0 Å². The molecule has 1 aromatic carbocycles. The van der Waals surface area contributed by atoms with Gasteiger partial charge >= 0.3 is 6.16 Å². The molecule has 42 heavy (non-hydrogen) atoms. The Morgan fingerprint density at radius 2 is 1.71 bits per heavy atom. The number of aromatic nitrogens is 1. The van der Waals surface area contributed by atoms with Crippen molar-refractivity contribution >= 4 is 45.2 Å². The first-order valence-electron chi connectivity index (χ1n) is 15.0. The minimum Gasteiger partial charge on any atom is -0.449 e. The number of carbonyl (C=O) groups excluding carboxylic acids is 1. The molecule has 2 aromatic heterocycles. The fourth-order valence-electron chi connectivity index (χ4n) is 6.70. The van der Waals surface area contributed by atoms with Crippen LogP contribution in [0.1, 0.15) is 49.1 Å². The molecule has 3 fully saturated rings. The van der Waals surface area contributed by atoms with Gasteiger partial charge in [0.15, 0.2) is 5.06 Å². The van der Waals surface area contributed by atoms with Crippen molar-refractivity contribution in [2.24, 2.45) is 0 Å². The highest BCUT2D eigenvalue weighted by Gasteiger charge is 2.33. The van der Waals surface area contributed by atoms with Crippen LogP contribution in [0.5, 0.6) is 5.06 Å². The highest BCUT2D eigenvalue weighted by molar-refractivity contribution is 7.21. The van der Waals surface area contributed by atoms with E-state index in [4.69, 9.17) is 21.1 Å². The molecule has 1 saturated carbocycles. The summed E-state index contributed by atoms with van der Waals surface area (Å²) in [6, 6.07) is 7.89. The van der Waals surface area contributed by atoms with Crippen molar-refractivity contribution in [1.82, 2.24) is 19.3 Å². The predicted molar refractivity (Wildman–Crippen MR) is 165 cm³/mol. The number of likely N-dealkylation sites (N-methyl/N-ethyl adjacent to an activating group) is 1. The third kappa shape index (κ3) is 6.19. The number of morpholine rings is 1. The maximum absolute atomic E-state index is 13.8. The van der Waals surface area contributed by atoms with Crippen LogP contribution >= 0.6 is 22.9 Å². The van der Waals surface area contributed by atoms with Crippen LogP contribution < -0.4 is 4.74 Å². The van der Waals surface area contributed by atoms with Gasteiger partial charge in [-0.15, -0.1) is 0 Å². The van der Waals surface area contributed by atoms with Gasteiger partial charge in [-0.3, -0.25) is 9.69 Å². The van der Waals surface area contributed by atoms with E-state index in [1.54, 1.807) is 0 Å². The van der Waals surface area contributed by atoms with Crippen LogP contribution in [-0.2, 0) is 22.6 Å². The zero-order chi connectivity index (χ0) is 29.2. The van der Waals surface area contributed by atoms with Crippen molar-refractivity contribution in [3.05, 3.63) is 40.4 Å². The predicted octanol–water partition coefficient (Wildman–Crippen LogP) is 5.73. The molecule has 1 aliphatic carbocycles. The second-order valence-corrected chi connectivity index (χ2v) is 13.1. The Hall–Kier alpha value is -2.63. The number of carboxylic acid groups (broad SMARTS) is 1. The third-order valence-corrected chi connectivity index (χ3v) is 10.3. The van der Waals surface area contributed by atoms with Crippen molar-refractivity contribution < 1.29 is 24.2 Å². The molecular formula is C31H39ClN4O5S. The van der Waals surface area contributed by atoms with Crippen molar-refractivity contribution in [2.45, 2.75) is 51.1 Å². The maximum atomic E-state index is 13.8. The summed E-state index contributed by atoms with van der Waals surface area (Å²) in [6.45, 7) is 6.60. The van der Waals surface area contributed by atoms with E-state index in [-0.39, 0.29) is 12.5 Å². The summed E-state index contributed by atoms with van der Waals surface area (Å²) in [5.74, 6) is 0.359. The highest BCUT2D eigenvalue weighted by Crippen LogP contribution is 2.51. The van der Waals surface area contributed by atoms with Gasteiger partial charge in [0.05, 0.1) is 29.1 Å². The Kier molecular flexibility index (Phi) is 9.07. The molecule has 1 N–H and O–H groups in total. The average Bonchev–Trinajstić information content (AvgIpc) is 3.49. The van der Waals surface area contributed by atoms with E-state index in [0.29, 0.717) is 48.9 Å². The van der Waals surface area contributed by atoms with Gasteiger partial charge in [-0.2, -0.15) is 0 Å². The number of ether oxygens (including phenoxy) is 2. The van der Waals surface area contributed by atoms with Gasteiger partial charge in [-0.25, -0.2) is 4.79 Å². The lowest BCUT2D eigenvalue weighted by molar-refractivity contribution is -0.135. The zero-order valence-electron chi connectivity index (χ0n) is 24.1. The topological polar surface area (TPSA) is 87.5 Å². The van der Waals surface area contributed by atoms with Crippen molar-refractivity contribution in [3.8, 4) is 16.3 Å². The Labute approximate surface area is 255 Å². The van der Waals surface area contributed by atoms with E-state index >= 15 is 0 Å². The van der Waals surface area contributed by atoms with Crippen LogP contribution in [-0.4, -0.2) is 96.0 Å². The molecule has 9 nitrogen and oxygen atoms in total. The second kappa shape index (κ2) is 12.9. The number of halogens is 1. The molecule has 3 aliphatic rings. The van der Waals surface area contributed by atoms with Crippen LogP contribution in [0.4, 0.5) is 4.79 Å². The molecular weight excluding hydrogens is 576 g/mol. The van der Waals surface area contributed by atoms with Crippen molar-refractivity contribution in [2.75, 3.05) is 59.5 Å². The first kappa shape index (κ1) is 29.4. The van der Waals surface area contributed by atoms with E-state index in [2.05, 4.69) is 21.4 Å². The zero-order valence-corrected chi connectivity index (χ0v) is 25.7. The lowest BCUT2D eigenvalue weighted by Gasteiger charge is -2.32. The highest BCUT2D eigenvalue weighted by atomic mass is 35.5. The van der Waals surface area contributed by atoms with Gasteiger partial charge < -0.3 is 28.9 Å². The van der Waals surface area contributed by atoms with Crippen LogP contribution in [0.3, 0.4) is 0 Å². The van der Waals surface area contributed by atoms with E-state index in [9.17, 15) is 14.7 Å². The number of hydrogen-bond acceptors (Lipinski definition) is 7. The Morgan fingerprint density at radius 1 is 1.02 bits per heavy atom. The Balaban J connectivity index is 1.56. The van der Waals surface area contributed by atoms with E-state index in [1.165, 1.54) is 23.3 Å². The molecule has 0 spiro atoms. The fraction of sp³-hybridized carbons (Fsp3) is 0.548. The molecule has 0 unspecified atom stereocenters. The number of carbonyl (C=O) groups is 2. The number of piperazine rings is 1. The average molecular weight is 615 g/mol. The number of benzene rings is 1. The minimum absolute atomic E-state index is 0.0399. The summed E-state index contributed by atoms with van der Waals surface area (Å²) < 4.78 is 14.2. The van der Waals surface area contributed by atoms with E-state index in [1.807, 2.05) is 29.2 Å². The van der Waals surface area contributed by atoms with Gasteiger partial charge in [0.2, 0.25) is 5.91 Å². The number of hydrogen-bond donors (Lipinski definition) is 1. The van der Waals surface area contributed by atoms with E-state index < -0.39 is 6.16 Å².